The Balaban J connectivity index is 2.26. The van der Waals surface area contributed by atoms with Crippen molar-refractivity contribution >= 4 is 11.6 Å². The number of aromatic nitrogens is 2. The summed E-state index contributed by atoms with van der Waals surface area (Å²) in [6, 6.07) is 2.94. The van der Waals surface area contributed by atoms with E-state index in [4.69, 9.17) is 4.52 Å². The van der Waals surface area contributed by atoms with Crippen LogP contribution in [0, 0.1) is 0 Å². The van der Waals surface area contributed by atoms with Crippen LogP contribution in [0.5, 0.6) is 0 Å². The molecule has 106 valence electrons. The molecule has 2 rings (SSSR count). The maximum atomic E-state index is 12.2. The number of nitrogens with one attached hydrogen (secondary N) is 2. The number of aromatic amines is 1. The van der Waals surface area contributed by atoms with Gasteiger partial charge in [0.05, 0.1) is 6.20 Å². The second kappa shape index (κ2) is 5.73. The van der Waals surface area contributed by atoms with Gasteiger partial charge in [0.25, 0.3) is 5.91 Å². The van der Waals surface area contributed by atoms with Crippen LogP contribution >= 0.6 is 0 Å². The van der Waals surface area contributed by atoms with E-state index in [1.165, 1.54) is 12.3 Å². The zero-order valence-electron chi connectivity index (χ0n) is 11.7. The first-order chi connectivity index (χ1) is 9.51. The van der Waals surface area contributed by atoms with Crippen LogP contribution in [-0.2, 0) is 6.42 Å². The van der Waals surface area contributed by atoms with E-state index in [9.17, 15) is 9.59 Å². The molecule has 2 aromatic heterocycles. The molecular formula is C14H17N3O3. The van der Waals surface area contributed by atoms with Crippen molar-refractivity contribution in [3.8, 4) is 0 Å². The maximum Gasteiger partial charge on any atom is 0.256 e. The minimum atomic E-state index is -0.351. The summed E-state index contributed by atoms with van der Waals surface area (Å²) in [5, 5.41) is 6.40. The zero-order valence-corrected chi connectivity index (χ0v) is 11.7. The highest BCUT2D eigenvalue weighted by molar-refractivity contribution is 6.04. The molecular weight excluding hydrogens is 258 g/mol. The minimum Gasteiger partial charge on any atom is -0.359 e. The largest absolute Gasteiger partial charge is 0.359 e. The number of rotatable bonds is 4. The number of amides is 1. The SMILES string of the molecule is CCc1cc(C(=O)Nc2cnoc2C(C)C)cc(=O)[nH]1. The van der Waals surface area contributed by atoms with Crippen LogP contribution in [0.1, 0.15) is 48.5 Å². The predicted molar refractivity (Wildman–Crippen MR) is 75.0 cm³/mol. The molecule has 0 aromatic carbocycles. The zero-order chi connectivity index (χ0) is 14.7. The Labute approximate surface area is 116 Å². The topological polar surface area (TPSA) is 88.0 Å². The molecule has 0 spiro atoms. The third-order valence-corrected chi connectivity index (χ3v) is 2.91. The molecule has 0 aliphatic heterocycles. The van der Waals surface area contributed by atoms with Crippen LogP contribution < -0.4 is 10.9 Å². The second-order valence-electron chi connectivity index (χ2n) is 4.82. The van der Waals surface area contributed by atoms with Gasteiger partial charge in [-0.15, -0.1) is 0 Å². The highest BCUT2D eigenvalue weighted by atomic mass is 16.5. The van der Waals surface area contributed by atoms with E-state index in [2.05, 4.69) is 15.5 Å². The van der Waals surface area contributed by atoms with Crippen LogP contribution in [0.3, 0.4) is 0 Å². The van der Waals surface area contributed by atoms with Crippen molar-refractivity contribution in [3.63, 3.8) is 0 Å². The second-order valence-corrected chi connectivity index (χ2v) is 4.82. The van der Waals surface area contributed by atoms with E-state index in [-0.39, 0.29) is 17.4 Å². The lowest BCUT2D eigenvalue weighted by Crippen LogP contribution is -2.17. The monoisotopic (exact) mass is 275 g/mol. The normalized spacial score (nSPS) is 10.8. The van der Waals surface area contributed by atoms with Gasteiger partial charge in [-0.05, 0) is 12.5 Å². The van der Waals surface area contributed by atoms with Crippen LogP contribution in [-0.4, -0.2) is 16.0 Å². The molecule has 2 heterocycles. The first-order valence-electron chi connectivity index (χ1n) is 6.50. The summed E-state index contributed by atoms with van der Waals surface area (Å²) < 4.78 is 5.10. The molecule has 0 fully saturated rings. The first-order valence-corrected chi connectivity index (χ1v) is 6.50. The van der Waals surface area contributed by atoms with Crippen molar-refractivity contribution in [2.45, 2.75) is 33.1 Å². The molecule has 0 unspecified atom stereocenters. The fraction of sp³-hybridized carbons (Fsp3) is 0.357. The van der Waals surface area contributed by atoms with E-state index >= 15 is 0 Å². The molecule has 0 atom stereocenters. The Hall–Kier alpha value is -2.37. The summed E-state index contributed by atoms with van der Waals surface area (Å²) in [6.45, 7) is 5.79. The van der Waals surface area contributed by atoms with E-state index < -0.39 is 0 Å². The number of hydrogen-bond donors (Lipinski definition) is 2. The molecule has 0 saturated carbocycles. The van der Waals surface area contributed by atoms with Gasteiger partial charge in [-0.3, -0.25) is 9.59 Å². The van der Waals surface area contributed by atoms with Crippen LogP contribution in [0.25, 0.3) is 0 Å². The van der Waals surface area contributed by atoms with Crippen LogP contribution in [0.2, 0.25) is 0 Å². The number of carbonyl (C=O) groups is 1. The van der Waals surface area contributed by atoms with Gasteiger partial charge in [0, 0.05) is 23.2 Å². The van der Waals surface area contributed by atoms with E-state index in [1.807, 2.05) is 20.8 Å². The number of pyridine rings is 1. The van der Waals surface area contributed by atoms with E-state index in [0.717, 1.165) is 5.69 Å². The van der Waals surface area contributed by atoms with Gasteiger partial charge < -0.3 is 14.8 Å². The van der Waals surface area contributed by atoms with Gasteiger partial charge in [0.15, 0.2) is 5.76 Å². The Morgan fingerprint density at radius 1 is 1.45 bits per heavy atom. The van der Waals surface area contributed by atoms with Crippen molar-refractivity contribution in [1.82, 2.24) is 10.1 Å². The Morgan fingerprint density at radius 2 is 2.20 bits per heavy atom. The average Bonchev–Trinajstić information content (AvgIpc) is 2.86. The third kappa shape index (κ3) is 2.96. The fourth-order valence-corrected chi connectivity index (χ4v) is 1.88. The Bertz CT molecular complexity index is 670. The molecule has 6 heteroatoms. The quantitative estimate of drug-likeness (QED) is 0.896. The van der Waals surface area contributed by atoms with E-state index in [0.29, 0.717) is 23.4 Å². The molecule has 0 saturated heterocycles. The summed E-state index contributed by atoms with van der Waals surface area (Å²) in [6.07, 6.45) is 2.11. The summed E-state index contributed by atoms with van der Waals surface area (Å²) in [4.78, 5) is 26.3. The molecule has 20 heavy (non-hydrogen) atoms. The molecule has 0 aliphatic carbocycles. The molecule has 1 amide bonds. The van der Waals surface area contributed by atoms with Crippen molar-refractivity contribution < 1.29 is 9.32 Å². The lowest BCUT2D eigenvalue weighted by atomic mass is 10.1. The summed E-state index contributed by atoms with van der Waals surface area (Å²) in [5.41, 5.74) is 1.28. The molecule has 2 N–H and O–H groups in total. The Kier molecular flexibility index (Phi) is 4.02. The van der Waals surface area contributed by atoms with Gasteiger partial charge in [-0.25, -0.2) is 0 Å². The summed E-state index contributed by atoms with van der Waals surface area (Å²) in [5.74, 6) is 0.369. The van der Waals surface area contributed by atoms with Gasteiger partial charge in [0.2, 0.25) is 5.56 Å². The minimum absolute atomic E-state index is 0.109. The van der Waals surface area contributed by atoms with Crippen molar-refractivity contribution in [3.05, 3.63) is 45.7 Å². The highest BCUT2D eigenvalue weighted by Gasteiger charge is 2.16. The number of anilines is 1. The standard InChI is InChI=1S/C14H17N3O3/c1-4-10-5-9(6-12(18)16-10)14(19)17-11-7-15-20-13(11)8(2)3/h5-8H,4H2,1-3H3,(H,16,18)(H,17,19). The van der Waals surface area contributed by atoms with Gasteiger partial charge >= 0.3 is 0 Å². The molecule has 2 aromatic rings. The molecule has 0 bridgehead atoms. The number of hydrogen-bond acceptors (Lipinski definition) is 4. The van der Waals surface area contributed by atoms with Crippen molar-refractivity contribution in [2.24, 2.45) is 0 Å². The number of carbonyl (C=O) groups excluding carboxylic acids is 1. The first kappa shape index (κ1) is 14.0. The van der Waals surface area contributed by atoms with Gasteiger partial charge in [-0.2, -0.15) is 0 Å². The van der Waals surface area contributed by atoms with Crippen LogP contribution in [0.15, 0.2) is 27.6 Å². The molecule has 0 radical (unpaired) electrons. The fourth-order valence-electron chi connectivity index (χ4n) is 1.88. The highest BCUT2D eigenvalue weighted by Crippen LogP contribution is 2.23. The van der Waals surface area contributed by atoms with Crippen LogP contribution in [0.4, 0.5) is 5.69 Å². The molecule has 6 nitrogen and oxygen atoms in total. The average molecular weight is 275 g/mol. The van der Waals surface area contributed by atoms with Gasteiger partial charge in [0.1, 0.15) is 5.69 Å². The lowest BCUT2D eigenvalue weighted by molar-refractivity contribution is 0.102. The van der Waals surface area contributed by atoms with E-state index in [1.54, 1.807) is 6.07 Å². The maximum absolute atomic E-state index is 12.2. The van der Waals surface area contributed by atoms with Crippen molar-refractivity contribution in [1.29, 1.82) is 0 Å². The third-order valence-electron chi connectivity index (χ3n) is 2.91. The van der Waals surface area contributed by atoms with Gasteiger partial charge in [-0.1, -0.05) is 25.9 Å². The molecule has 0 aliphatic rings. The summed E-state index contributed by atoms with van der Waals surface area (Å²) in [7, 11) is 0. The number of aryl methyl sites for hydroxylation is 1. The summed E-state index contributed by atoms with van der Waals surface area (Å²) >= 11 is 0. The smallest absolute Gasteiger partial charge is 0.256 e. The number of H-pyrrole nitrogens is 1. The predicted octanol–water partition coefficient (Wildman–Crippen LogP) is 2.30. The number of nitrogens with zero attached hydrogens (tertiary/aromatic N) is 1. The Morgan fingerprint density at radius 3 is 2.85 bits per heavy atom. The lowest BCUT2D eigenvalue weighted by Gasteiger charge is -2.07. The van der Waals surface area contributed by atoms with Crippen molar-refractivity contribution in [2.75, 3.05) is 5.32 Å².